The molecule has 2 aromatic rings. The second kappa shape index (κ2) is 9.87. The van der Waals surface area contributed by atoms with E-state index in [0.717, 1.165) is 19.3 Å². The number of hydrogen-bond acceptors (Lipinski definition) is 5. The first kappa shape index (κ1) is 21.3. The Kier molecular flexibility index (Phi) is 7.51. The predicted molar refractivity (Wildman–Crippen MR) is 113 cm³/mol. The van der Waals surface area contributed by atoms with Crippen molar-refractivity contribution in [1.82, 2.24) is 4.90 Å². The van der Waals surface area contributed by atoms with Gasteiger partial charge >= 0.3 is 0 Å². The highest BCUT2D eigenvalue weighted by molar-refractivity contribution is 7.91. The zero-order chi connectivity index (χ0) is 20.0. The third-order valence-corrected chi connectivity index (χ3v) is 7.49. The van der Waals surface area contributed by atoms with Crippen molar-refractivity contribution in [2.24, 2.45) is 0 Å². The predicted octanol–water partition coefficient (Wildman–Crippen LogP) is 3.57. The third kappa shape index (κ3) is 6.58. The van der Waals surface area contributed by atoms with E-state index in [2.05, 4.69) is 12.1 Å². The Morgan fingerprint density at radius 3 is 2.71 bits per heavy atom. The van der Waals surface area contributed by atoms with Crippen LogP contribution >= 0.6 is 22.9 Å². The molecule has 1 unspecified atom stereocenters. The summed E-state index contributed by atoms with van der Waals surface area (Å²) in [6.45, 7) is 1.64. The summed E-state index contributed by atoms with van der Waals surface area (Å²) in [6, 6.07) is 13.6. The summed E-state index contributed by atoms with van der Waals surface area (Å²) in [5.74, 6) is -0.967. The summed E-state index contributed by atoms with van der Waals surface area (Å²) in [7, 11) is -3.51. The Labute approximate surface area is 175 Å². The molecule has 8 heteroatoms. The lowest BCUT2D eigenvalue weighted by atomic mass is 10.1. The van der Waals surface area contributed by atoms with Crippen molar-refractivity contribution in [2.75, 3.05) is 25.4 Å². The first-order chi connectivity index (χ1) is 13.4. The SMILES string of the molecule is O=C(CS(=O)(=O)Cc1ccc(Cl)s1)N1CCC(OCCCc2ccccc2)C1. The van der Waals surface area contributed by atoms with Crippen LogP contribution in [0.1, 0.15) is 23.3 Å². The number of likely N-dealkylation sites (tertiary alicyclic amines) is 1. The lowest BCUT2D eigenvalue weighted by molar-refractivity contribution is -0.127. The van der Waals surface area contributed by atoms with Gasteiger partial charge in [-0.1, -0.05) is 41.9 Å². The molecule has 2 heterocycles. The summed E-state index contributed by atoms with van der Waals surface area (Å²) in [5.41, 5.74) is 1.28. The summed E-state index contributed by atoms with van der Waals surface area (Å²) in [4.78, 5) is 14.6. The Hall–Kier alpha value is -1.41. The van der Waals surface area contributed by atoms with Crippen molar-refractivity contribution in [3.63, 3.8) is 0 Å². The van der Waals surface area contributed by atoms with Crippen LogP contribution in [0.2, 0.25) is 4.34 Å². The van der Waals surface area contributed by atoms with E-state index in [1.165, 1.54) is 16.9 Å². The van der Waals surface area contributed by atoms with Crippen LogP contribution in [0.4, 0.5) is 0 Å². The normalized spacial score (nSPS) is 17.2. The lowest BCUT2D eigenvalue weighted by Gasteiger charge is -2.17. The molecule has 0 aliphatic carbocycles. The number of amides is 1. The van der Waals surface area contributed by atoms with E-state index in [1.54, 1.807) is 17.0 Å². The fourth-order valence-corrected chi connectivity index (χ4v) is 6.09. The van der Waals surface area contributed by atoms with Crippen molar-refractivity contribution in [1.29, 1.82) is 0 Å². The van der Waals surface area contributed by atoms with Gasteiger partial charge < -0.3 is 9.64 Å². The number of sulfone groups is 1. The van der Waals surface area contributed by atoms with Gasteiger partial charge in [0.1, 0.15) is 5.75 Å². The first-order valence-electron chi connectivity index (χ1n) is 9.29. The summed E-state index contributed by atoms with van der Waals surface area (Å²) < 4.78 is 31.0. The Bertz CT molecular complexity index is 883. The van der Waals surface area contributed by atoms with Gasteiger partial charge in [0, 0.05) is 24.6 Å². The number of thiophene rings is 1. The highest BCUT2D eigenvalue weighted by atomic mass is 35.5. The minimum Gasteiger partial charge on any atom is -0.376 e. The molecule has 1 amide bonds. The summed E-state index contributed by atoms with van der Waals surface area (Å²) >= 11 is 7.06. The first-order valence-corrected chi connectivity index (χ1v) is 12.3. The van der Waals surface area contributed by atoms with E-state index in [1.807, 2.05) is 18.2 Å². The van der Waals surface area contributed by atoms with Crippen LogP contribution in [0.3, 0.4) is 0 Å². The van der Waals surface area contributed by atoms with Gasteiger partial charge in [-0.2, -0.15) is 0 Å². The number of ether oxygens (including phenoxy) is 1. The van der Waals surface area contributed by atoms with Gasteiger partial charge in [0.05, 0.1) is 16.2 Å². The van der Waals surface area contributed by atoms with Crippen molar-refractivity contribution in [2.45, 2.75) is 31.1 Å². The van der Waals surface area contributed by atoms with E-state index >= 15 is 0 Å². The maximum atomic E-state index is 12.4. The molecule has 3 rings (SSSR count). The van der Waals surface area contributed by atoms with E-state index in [4.69, 9.17) is 16.3 Å². The maximum absolute atomic E-state index is 12.4. The molecule has 152 valence electrons. The second-order valence-electron chi connectivity index (χ2n) is 6.95. The number of carbonyl (C=O) groups is 1. The van der Waals surface area contributed by atoms with Gasteiger partial charge in [-0.15, -0.1) is 11.3 Å². The zero-order valence-corrected chi connectivity index (χ0v) is 17.9. The van der Waals surface area contributed by atoms with Crippen LogP contribution < -0.4 is 0 Å². The van der Waals surface area contributed by atoms with Crippen molar-refractivity contribution < 1.29 is 17.9 Å². The van der Waals surface area contributed by atoms with E-state index in [9.17, 15) is 13.2 Å². The van der Waals surface area contributed by atoms with Crippen LogP contribution in [0.25, 0.3) is 0 Å². The number of carbonyl (C=O) groups excluding carboxylic acids is 1. The molecule has 0 spiro atoms. The number of benzene rings is 1. The van der Waals surface area contributed by atoms with Crippen LogP contribution in [-0.2, 0) is 31.5 Å². The van der Waals surface area contributed by atoms with Crippen LogP contribution in [0.15, 0.2) is 42.5 Å². The molecule has 1 aliphatic rings. The zero-order valence-electron chi connectivity index (χ0n) is 15.6. The number of aryl methyl sites for hydroxylation is 1. The molecular formula is C20H24ClNO4S2. The van der Waals surface area contributed by atoms with Gasteiger partial charge in [0.2, 0.25) is 5.91 Å². The molecule has 1 aromatic heterocycles. The molecule has 28 heavy (non-hydrogen) atoms. The highest BCUT2D eigenvalue weighted by Crippen LogP contribution is 2.23. The molecular weight excluding hydrogens is 418 g/mol. The van der Waals surface area contributed by atoms with Crippen LogP contribution in [0, 0.1) is 0 Å². The maximum Gasteiger partial charge on any atom is 0.237 e. The Morgan fingerprint density at radius 1 is 1.21 bits per heavy atom. The minimum atomic E-state index is -3.51. The second-order valence-corrected chi connectivity index (χ2v) is 10.8. The molecule has 0 radical (unpaired) electrons. The van der Waals surface area contributed by atoms with Gasteiger partial charge in [0.15, 0.2) is 9.84 Å². The summed E-state index contributed by atoms with van der Waals surface area (Å²) in [6.07, 6.45) is 2.61. The fraction of sp³-hybridized carbons (Fsp3) is 0.450. The van der Waals surface area contributed by atoms with E-state index in [0.29, 0.717) is 28.9 Å². The molecule has 1 atom stereocenters. The smallest absolute Gasteiger partial charge is 0.237 e. The monoisotopic (exact) mass is 441 g/mol. The molecule has 5 nitrogen and oxygen atoms in total. The summed E-state index contributed by atoms with van der Waals surface area (Å²) in [5, 5.41) is 0. The average Bonchev–Trinajstić information content (AvgIpc) is 3.28. The standard InChI is InChI=1S/C20H24ClNO4S2/c21-19-9-8-18(27-19)14-28(24,25)15-20(23)22-11-10-17(13-22)26-12-4-7-16-5-2-1-3-6-16/h1-3,5-6,8-9,17H,4,7,10-15H2. The lowest BCUT2D eigenvalue weighted by Crippen LogP contribution is -2.35. The van der Waals surface area contributed by atoms with Crippen molar-refractivity contribution >= 4 is 38.7 Å². The van der Waals surface area contributed by atoms with E-state index in [-0.39, 0.29) is 17.8 Å². The molecule has 0 bridgehead atoms. The number of halogens is 1. The number of rotatable bonds is 9. The quantitative estimate of drug-likeness (QED) is 0.558. The molecule has 0 N–H and O–H groups in total. The molecule has 1 aliphatic heterocycles. The van der Waals surface area contributed by atoms with Crippen molar-refractivity contribution in [3.8, 4) is 0 Å². The van der Waals surface area contributed by atoms with Crippen molar-refractivity contribution in [3.05, 3.63) is 57.2 Å². The van der Waals surface area contributed by atoms with Crippen LogP contribution in [-0.4, -0.2) is 50.8 Å². The molecule has 1 aromatic carbocycles. The highest BCUT2D eigenvalue weighted by Gasteiger charge is 2.29. The Balaban J connectivity index is 1.38. The van der Waals surface area contributed by atoms with Gasteiger partial charge in [0.25, 0.3) is 0 Å². The molecule has 1 fully saturated rings. The Morgan fingerprint density at radius 2 is 2.00 bits per heavy atom. The fourth-order valence-electron chi connectivity index (χ4n) is 3.24. The minimum absolute atomic E-state index is 0.0152. The number of nitrogens with zero attached hydrogens (tertiary/aromatic N) is 1. The third-order valence-electron chi connectivity index (χ3n) is 4.64. The van der Waals surface area contributed by atoms with Gasteiger partial charge in [-0.3, -0.25) is 4.79 Å². The van der Waals surface area contributed by atoms with Gasteiger partial charge in [-0.25, -0.2) is 8.42 Å². The number of hydrogen-bond donors (Lipinski definition) is 0. The molecule has 0 saturated carbocycles. The largest absolute Gasteiger partial charge is 0.376 e. The molecule has 1 saturated heterocycles. The van der Waals surface area contributed by atoms with Crippen LogP contribution in [0.5, 0.6) is 0 Å². The van der Waals surface area contributed by atoms with Gasteiger partial charge in [-0.05, 0) is 37.0 Å². The topological polar surface area (TPSA) is 63.7 Å². The van der Waals surface area contributed by atoms with E-state index < -0.39 is 15.6 Å². The average molecular weight is 442 g/mol.